The summed E-state index contributed by atoms with van der Waals surface area (Å²) in [6, 6.07) is 4.87. The first-order valence-corrected chi connectivity index (χ1v) is 8.38. The van der Waals surface area contributed by atoms with Gasteiger partial charge < -0.3 is 5.73 Å². The van der Waals surface area contributed by atoms with Crippen molar-refractivity contribution >= 4 is 27.0 Å². The molecule has 108 valence electrons. The molecule has 1 aromatic carbocycles. The fourth-order valence-electron chi connectivity index (χ4n) is 1.77. The second kappa shape index (κ2) is 5.16. The van der Waals surface area contributed by atoms with Crippen molar-refractivity contribution in [3.8, 4) is 10.4 Å². The molecule has 1 heterocycles. The molecular weight excluding hydrogens is 294 g/mol. The Bertz CT molecular complexity index is 702. The van der Waals surface area contributed by atoms with E-state index in [0.717, 1.165) is 4.88 Å². The van der Waals surface area contributed by atoms with E-state index in [9.17, 15) is 8.42 Å². The zero-order chi connectivity index (χ0) is 15.0. The van der Waals surface area contributed by atoms with E-state index >= 15 is 0 Å². The minimum absolute atomic E-state index is 0.177. The summed E-state index contributed by atoms with van der Waals surface area (Å²) >= 11 is 1.39. The van der Waals surface area contributed by atoms with E-state index in [1.165, 1.54) is 17.4 Å². The highest BCUT2D eigenvalue weighted by atomic mass is 32.2. The number of nitrogens with two attached hydrogens (primary N) is 1. The van der Waals surface area contributed by atoms with Crippen LogP contribution in [0.2, 0.25) is 0 Å². The van der Waals surface area contributed by atoms with Gasteiger partial charge in [-0.3, -0.25) is 4.98 Å². The number of sulfonamides is 1. The third kappa shape index (κ3) is 3.36. The van der Waals surface area contributed by atoms with Crippen LogP contribution < -0.4 is 10.5 Å². The number of rotatable bonds is 3. The standard InChI is InChI=1S/C13H17N3O2S2/c1-13(2,3)16-20(17,18)12-6-9(14)4-5-10(12)11-7-15-8-19-11/h4-8,16H,14H2,1-3H3. The van der Waals surface area contributed by atoms with Crippen molar-refractivity contribution in [1.29, 1.82) is 0 Å². The summed E-state index contributed by atoms with van der Waals surface area (Å²) in [5.41, 5.74) is 7.86. The molecule has 0 radical (unpaired) electrons. The SMILES string of the molecule is CC(C)(C)NS(=O)(=O)c1cc(N)ccc1-c1cncs1. The first-order chi connectivity index (χ1) is 9.19. The molecule has 3 N–H and O–H groups in total. The van der Waals surface area contributed by atoms with Gasteiger partial charge in [0.2, 0.25) is 10.0 Å². The monoisotopic (exact) mass is 311 g/mol. The zero-order valence-electron chi connectivity index (χ0n) is 11.5. The molecule has 0 bridgehead atoms. The highest BCUT2D eigenvalue weighted by molar-refractivity contribution is 7.89. The van der Waals surface area contributed by atoms with Crippen LogP contribution >= 0.6 is 11.3 Å². The molecule has 20 heavy (non-hydrogen) atoms. The molecule has 0 spiro atoms. The van der Waals surface area contributed by atoms with E-state index < -0.39 is 15.6 Å². The first kappa shape index (κ1) is 15.0. The second-order valence-corrected chi connectivity index (χ2v) is 8.01. The van der Waals surface area contributed by atoms with Gasteiger partial charge in [-0.25, -0.2) is 13.1 Å². The lowest BCUT2D eigenvalue weighted by Gasteiger charge is -2.21. The van der Waals surface area contributed by atoms with E-state index in [2.05, 4.69) is 9.71 Å². The molecule has 0 fully saturated rings. The second-order valence-electron chi connectivity index (χ2n) is 5.48. The minimum atomic E-state index is -3.65. The molecule has 0 aliphatic rings. The average molecular weight is 311 g/mol. The van der Waals surface area contributed by atoms with Gasteiger partial charge >= 0.3 is 0 Å². The molecule has 0 aliphatic heterocycles. The Kier molecular flexibility index (Phi) is 3.86. The molecule has 0 saturated carbocycles. The number of nitrogens with one attached hydrogen (secondary N) is 1. The molecular formula is C13H17N3O2S2. The van der Waals surface area contributed by atoms with E-state index in [-0.39, 0.29) is 4.90 Å². The van der Waals surface area contributed by atoms with E-state index in [1.807, 2.05) is 0 Å². The Morgan fingerprint density at radius 2 is 2.00 bits per heavy atom. The molecule has 7 heteroatoms. The van der Waals surface area contributed by atoms with Gasteiger partial charge in [-0.1, -0.05) is 6.07 Å². The van der Waals surface area contributed by atoms with Crippen LogP contribution in [0.4, 0.5) is 5.69 Å². The summed E-state index contributed by atoms with van der Waals surface area (Å²) in [6.45, 7) is 5.38. The highest BCUT2D eigenvalue weighted by Crippen LogP contribution is 2.31. The molecule has 0 atom stereocenters. The summed E-state index contributed by atoms with van der Waals surface area (Å²) in [6.07, 6.45) is 1.65. The molecule has 5 nitrogen and oxygen atoms in total. The number of nitrogens with zero attached hydrogens (tertiary/aromatic N) is 1. The van der Waals surface area contributed by atoms with Gasteiger partial charge in [-0.05, 0) is 32.9 Å². The Balaban J connectivity index is 2.59. The Labute approximate surface area is 122 Å². The van der Waals surface area contributed by atoms with Gasteiger partial charge in [0.25, 0.3) is 0 Å². The van der Waals surface area contributed by atoms with Crippen LogP contribution in [0.3, 0.4) is 0 Å². The van der Waals surface area contributed by atoms with Crippen LogP contribution in [0.15, 0.2) is 34.8 Å². The number of hydrogen-bond donors (Lipinski definition) is 2. The molecule has 2 rings (SSSR count). The van der Waals surface area contributed by atoms with Gasteiger partial charge in [-0.15, -0.1) is 11.3 Å². The summed E-state index contributed by atoms with van der Waals surface area (Å²) in [5, 5.41) is 0. The largest absolute Gasteiger partial charge is 0.399 e. The predicted molar refractivity (Wildman–Crippen MR) is 82.0 cm³/mol. The summed E-state index contributed by atoms with van der Waals surface area (Å²) in [5.74, 6) is 0. The number of nitrogen functional groups attached to an aromatic ring is 1. The topological polar surface area (TPSA) is 85.1 Å². The van der Waals surface area contributed by atoms with Crippen LogP contribution in [0.5, 0.6) is 0 Å². The third-order valence-electron chi connectivity index (χ3n) is 2.43. The predicted octanol–water partition coefficient (Wildman–Crippen LogP) is 2.47. The van der Waals surface area contributed by atoms with E-state index in [0.29, 0.717) is 11.3 Å². The number of benzene rings is 1. The molecule has 1 aromatic heterocycles. The van der Waals surface area contributed by atoms with Crippen molar-refractivity contribution in [2.45, 2.75) is 31.2 Å². The molecule has 0 saturated heterocycles. The number of anilines is 1. The van der Waals surface area contributed by atoms with E-state index in [4.69, 9.17) is 5.73 Å². The van der Waals surface area contributed by atoms with Gasteiger partial charge in [0.15, 0.2) is 0 Å². The maximum absolute atomic E-state index is 12.5. The van der Waals surface area contributed by atoms with Gasteiger partial charge in [0.05, 0.1) is 15.3 Å². The highest BCUT2D eigenvalue weighted by Gasteiger charge is 2.25. The fraction of sp³-hybridized carbons (Fsp3) is 0.308. The number of hydrogen-bond acceptors (Lipinski definition) is 5. The van der Waals surface area contributed by atoms with Crippen molar-refractivity contribution in [1.82, 2.24) is 9.71 Å². The van der Waals surface area contributed by atoms with Crippen LogP contribution in [-0.2, 0) is 10.0 Å². The lowest BCUT2D eigenvalue weighted by Crippen LogP contribution is -2.40. The zero-order valence-corrected chi connectivity index (χ0v) is 13.2. The molecule has 0 aliphatic carbocycles. The van der Waals surface area contributed by atoms with Crippen LogP contribution in [-0.4, -0.2) is 18.9 Å². The number of thiazole rings is 1. The third-order valence-corrected chi connectivity index (χ3v) is 5.04. The van der Waals surface area contributed by atoms with Crippen molar-refractivity contribution < 1.29 is 8.42 Å². The van der Waals surface area contributed by atoms with Crippen molar-refractivity contribution in [3.63, 3.8) is 0 Å². The Morgan fingerprint density at radius 1 is 1.30 bits per heavy atom. The van der Waals surface area contributed by atoms with Gasteiger partial charge in [0.1, 0.15) is 0 Å². The molecule has 0 unspecified atom stereocenters. The summed E-state index contributed by atoms with van der Waals surface area (Å²) in [7, 11) is -3.65. The molecule has 2 aromatic rings. The summed E-state index contributed by atoms with van der Waals surface area (Å²) in [4.78, 5) is 4.96. The normalized spacial score (nSPS) is 12.6. The maximum atomic E-state index is 12.5. The van der Waals surface area contributed by atoms with Crippen LogP contribution in [0, 0.1) is 0 Å². The van der Waals surface area contributed by atoms with Crippen LogP contribution in [0.25, 0.3) is 10.4 Å². The lowest BCUT2D eigenvalue weighted by molar-refractivity contribution is 0.491. The average Bonchev–Trinajstić information content (AvgIpc) is 2.79. The fourth-order valence-corrected chi connectivity index (χ4v) is 4.17. The Hall–Kier alpha value is -1.44. The van der Waals surface area contributed by atoms with Crippen molar-refractivity contribution in [2.24, 2.45) is 0 Å². The molecule has 0 amide bonds. The smallest absolute Gasteiger partial charge is 0.241 e. The number of aromatic nitrogens is 1. The van der Waals surface area contributed by atoms with E-state index in [1.54, 1.807) is 44.6 Å². The van der Waals surface area contributed by atoms with Crippen LogP contribution in [0.1, 0.15) is 20.8 Å². The van der Waals surface area contributed by atoms with Gasteiger partial charge in [0, 0.05) is 23.0 Å². The van der Waals surface area contributed by atoms with Gasteiger partial charge in [-0.2, -0.15) is 0 Å². The van der Waals surface area contributed by atoms with Crippen molar-refractivity contribution in [3.05, 3.63) is 29.9 Å². The first-order valence-electron chi connectivity index (χ1n) is 6.01. The maximum Gasteiger partial charge on any atom is 0.241 e. The lowest BCUT2D eigenvalue weighted by atomic mass is 10.1. The van der Waals surface area contributed by atoms with Crippen molar-refractivity contribution in [2.75, 3.05) is 5.73 Å². The quantitative estimate of drug-likeness (QED) is 0.853. The summed E-state index contributed by atoms with van der Waals surface area (Å²) < 4.78 is 27.7. The minimum Gasteiger partial charge on any atom is -0.399 e. The Morgan fingerprint density at radius 3 is 2.55 bits per heavy atom.